The molecule has 2 N–H and O–H groups in total. The van der Waals surface area contributed by atoms with Gasteiger partial charge in [-0.05, 0) is 70.0 Å². The molecule has 2 rings (SSSR count). The number of amides is 1. The summed E-state index contributed by atoms with van der Waals surface area (Å²) in [4.78, 5) is 13.5. The Bertz CT molecular complexity index is 476. The van der Waals surface area contributed by atoms with Crippen molar-refractivity contribution in [2.75, 3.05) is 19.6 Å². The molecule has 1 aliphatic heterocycles. The number of thioether (sulfide) groups is 1. The summed E-state index contributed by atoms with van der Waals surface area (Å²) in [6.07, 6.45) is 2.30. The van der Waals surface area contributed by atoms with Crippen molar-refractivity contribution in [1.29, 1.82) is 0 Å². The van der Waals surface area contributed by atoms with E-state index in [-0.39, 0.29) is 18.3 Å². The molecule has 1 fully saturated rings. The first-order chi connectivity index (χ1) is 9.97. The highest BCUT2D eigenvalue weighted by atomic mass is 79.9. The maximum atomic E-state index is 12.4. The third-order valence-electron chi connectivity index (χ3n) is 3.73. The summed E-state index contributed by atoms with van der Waals surface area (Å²) in [5, 5.41) is 6.44. The van der Waals surface area contributed by atoms with Gasteiger partial charge in [-0.1, -0.05) is 15.9 Å². The van der Waals surface area contributed by atoms with E-state index in [9.17, 15) is 4.79 Å². The predicted molar refractivity (Wildman–Crippen MR) is 99.9 cm³/mol. The van der Waals surface area contributed by atoms with E-state index in [4.69, 9.17) is 0 Å². The number of carbonyl (C=O) groups excluding carboxylic acids is 1. The fraction of sp³-hybridized carbons (Fsp3) is 0.562. The summed E-state index contributed by atoms with van der Waals surface area (Å²) in [7, 11) is 0. The van der Waals surface area contributed by atoms with Gasteiger partial charge in [-0.3, -0.25) is 4.79 Å². The maximum Gasteiger partial charge on any atom is 0.236 e. The molecule has 0 saturated carbocycles. The molecule has 1 aromatic rings. The quantitative estimate of drug-likeness (QED) is 0.704. The van der Waals surface area contributed by atoms with Crippen LogP contribution in [0.5, 0.6) is 0 Å². The van der Waals surface area contributed by atoms with E-state index < -0.39 is 4.75 Å². The van der Waals surface area contributed by atoms with Crippen LogP contribution in [0.2, 0.25) is 0 Å². The highest BCUT2D eigenvalue weighted by Crippen LogP contribution is 2.33. The standard InChI is InChI=1S/C16H23BrN2OS.ClH/c1-16(2,21-14-5-3-13(17)4-6-14)15(20)19-10-8-12-7-9-18-11-12;/h3-6,12,18H,7-11H2,1-2H3,(H,19,20);1H. The first-order valence-corrected chi connectivity index (χ1v) is 9.02. The average molecular weight is 408 g/mol. The molecule has 1 aliphatic rings. The SMILES string of the molecule is CC(C)(Sc1ccc(Br)cc1)C(=O)NCCC1CCNC1.Cl. The zero-order valence-corrected chi connectivity index (χ0v) is 16.2. The molecule has 0 aliphatic carbocycles. The Morgan fingerprint density at radius 1 is 1.41 bits per heavy atom. The molecule has 1 heterocycles. The minimum Gasteiger partial charge on any atom is -0.355 e. The smallest absolute Gasteiger partial charge is 0.236 e. The van der Waals surface area contributed by atoms with Gasteiger partial charge >= 0.3 is 0 Å². The van der Waals surface area contributed by atoms with Crippen molar-refractivity contribution < 1.29 is 4.79 Å². The summed E-state index contributed by atoms with van der Waals surface area (Å²) in [5.74, 6) is 0.828. The Hall–Kier alpha value is -0.230. The topological polar surface area (TPSA) is 41.1 Å². The van der Waals surface area contributed by atoms with Crippen LogP contribution in [-0.2, 0) is 4.79 Å². The van der Waals surface area contributed by atoms with Crippen LogP contribution in [0.4, 0.5) is 0 Å². The van der Waals surface area contributed by atoms with E-state index >= 15 is 0 Å². The number of hydrogen-bond acceptors (Lipinski definition) is 3. The lowest BCUT2D eigenvalue weighted by atomic mass is 10.1. The molecular weight excluding hydrogens is 384 g/mol. The highest BCUT2D eigenvalue weighted by molar-refractivity contribution is 9.10. The summed E-state index contributed by atoms with van der Waals surface area (Å²) in [6.45, 7) is 6.93. The summed E-state index contributed by atoms with van der Waals surface area (Å²) in [5.41, 5.74) is 0. The molecule has 6 heteroatoms. The van der Waals surface area contributed by atoms with Crippen molar-refractivity contribution in [2.45, 2.75) is 36.3 Å². The number of rotatable bonds is 6. The lowest BCUT2D eigenvalue weighted by molar-refractivity contribution is -0.122. The van der Waals surface area contributed by atoms with Crippen molar-refractivity contribution in [1.82, 2.24) is 10.6 Å². The van der Waals surface area contributed by atoms with Gasteiger partial charge in [0.05, 0.1) is 4.75 Å². The second-order valence-electron chi connectivity index (χ2n) is 5.97. The first kappa shape index (κ1) is 19.8. The van der Waals surface area contributed by atoms with E-state index in [1.165, 1.54) is 6.42 Å². The molecule has 1 saturated heterocycles. The van der Waals surface area contributed by atoms with Gasteiger partial charge in [0.1, 0.15) is 0 Å². The van der Waals surface area contributed by atoms with Crippen LogP contribution >= 0.6 is 40.1 Å². The molecule has 124 valence electrons. The third-order valence-corrected chi connectivity index (χ3v) is 5.47. The Balaban J connectivity index is 0.00000242. The van der Waals surface area contributed by atoms with Gasteiger partial charge in [0.2, 0.25) is 5.91 Å². The van der Waals surface area contributed by atoms with Gasteiger partial charge in [0.25, 0.3) is 0 Å². The van der Waals surface area contributed by atoms with Gasteiger partial charge in [0.15, 0.2) is 0 Å². The molecule has 0 bridgehead atoms. The Labute approximate surface area is 151 Å². The monoisotopic (exact) mass is 406 g/mol. The maximum absolute atomic E-state index is 12.4. The van der Waals surface area contributed by atoms with Crippen LogP contribution in [0, 0.1) is 5.92 Å². The molecule has 0 spiro atoms. The molecule has 22 heavy (non-hydrogen) atoms. The number of carbonyl (C=O) groups is 1. The van der Waals surface area contributed by atoms with Crippen LogP contribution in [0.1, 0.15) is 26.7 Å². The van der Waals surface area contributed by atoms with Crippen LogP contribution in [-0.4, -0.2) is 30.3 Å². The Kier molecular flexibility index (Phi) is 8.25. The normalized spacial score (nSPS) is 17.9. The summed E-state index contributed by atoms with van der Waals surface area (Å²) < 4.78 is 0.598. The summed E-state index contributed by atoms with van der Waals surface area (Å²) >= 11 is 5.03. The Morgan fingerprint density at radius 3 is 2.68 bits per heavy atom. The van der Waals surface area contributed by atoms with Crippen LogP contribution in [0.25, 0.3) is 0 Å². The van der Waals surface area contributed by atoms with Gasteiger partial charge in [0, 0.05) is 15.9 Å². The number of halogens is 2. The largest absolute Gasteiger partial charge is 0.355 e. The van der Waals surface area contributed by atoms with Crippen LogP contribution < -0.4 is 10.6 Å². The number of hydrogen-bond donors (Lipinski definition) is 2. The molecule has 1 amide bonds. The van der Waals surface area contributed by atoms with Gasteiger partial charge < -0.3 is 10.6 Å². The van der Waals surface area contributed by atoms with Crippen molar-refractivity contribution >= 4 is 46.0 Å². The van der Waals surface area contributed by atoms with Crippen LogP contribution in [0.3, 0.4) is 0 Å². The van der Waals surface area contributed by atoms with E-state index in [1.807, 2.05) is 38.1 Å². The predicted octanol–water partition coefficient (Wildman–Crippen LogP) is 3.86. The number of benzene rings is 1. The van der Waals surface area contributed by atoms with E-state index in [1.54, 1.807) is 11.8 Å². The highest BCUT2D eigenvalue weighted by Gasteiger charge is 2.28. The zero-order valence-electron chi connectivity index (χ0n) is 13.0. The first-order valence-electron chi connectivity index (χ1n) is 7.41. The second kappa shape index (κ2) is 9.16. The van der Waals surface area contributed by atoms with Crippen molar-refractivity contribution in [3.05, 3.63) is 28.7 Å². The van der Waals surface area contributed by atoms with E-state index in [0.29, 0.717) is 5.92 Å². The van der Waals surface area contributed by atoms with E-state index in [0.717, 1.165) is 35.4 Å². The van der Waals surface area contributed by atoms with Crippen molar-refractivity contribution in [3.8, 4) is 0 Å². The fourth-order valence-corrected chi connectivity index (χ4v) is 3.70. The Morgan fingerprint density at radius 2 is 2.09 bits per heavy atom. The lowest BCUT2D eigenvalue weighted by Gasteiger charge is -2.23. The molecule has 0 radical (unpaired) electrons. The molecular formula is C16H24BrClN2OS. The minimum atomic E-state index is -0.457. The lowest BCUT2D eigenvalue weighted by Crippen LogP contribution is -2.40. The number of nitrogens with one attached hydrogen (secondary N) is 2. The third kappa shape index (κ3) is 6.11. The fourth-order valence-electron chi connectivity index (χ4n) is 2.41. The van der Waals surface area contributed by atoms with Crippen molar-refractivity contribution in [2.24, 2.45) is 5.92 Å². The summed E-state index contributed by atoms with van der Waals surface area (Å²) in [6, 6.07) is 8.08. The average Bonchev–Trinajstić information content (AvgIpc) is 2.94. The molecule has 0 aromatic heterocycles. The molecule has 1 unspecified atom stereocenters. The van der Waals surface area contributed by atoms with Gasteiger partial charge in [-0.2, -0.15) is 0 Å². The van der Waals surface area contributed by atoms with Crippen molar-refractivity contribution in [3.63, 3.8) is 0 Å². The minimum absolute atomic E-state index is 0. The molecule has 1 atom stereocenters. The molecule has 3 nitrogen and oxygen atoms in total. The van der Waals surface area contributed by atoms with Gasteiger partial charge in [-0.25, -0.2) is 0 Å². The van der Waals surface area contributed by atoms with Gasteiger partial charge in [-0.15, -0.1) is 24.2 Å². The second-order valence-corrected chi connectivity index (χ2v) is 8.58. The molecule has 1 aromatic carbocycles. The zero-order chi connectivity index (χ0) is 15.3. The van der Waals surface area contributed by atoms with Crippen LogP contribution in [0.15, 0.2) is 33.6 Å². The van der Waals surface area contributed by atoms with E-state index in [2.05, 4.69) is 26.6 Å².